The van der Waals surface area contributed by atoms with Crippen LogP contribution in [0.5, 0.6) is 0 Å². The van der Waals surface area contributed by atoms with Gasteiger partial charge in [0.2, 0.25) is 0 Å². The standard InChI is InChI=1S/C20H19OP/c1-21-19-13-7-8-14-20(19)15-22(16-9-3-2-4-10-16)18-12-6-5-11-17(18)20/h2-6,8-14H,7,15H2,1H3. The maximum absolute atomic E-state index is 5.79. The summed E-state index contributed by atoms with van der Waals surface area (Å²) in [5.41, 5.74) is 1.36. The van der Waals surface area contributed by atoms with Crippen molar-refractivity contribution in [3.05, 3.63) is 84.1 Å². The minimum atomic E-state index is -0.332. The summed E-state index contributed by atoms with van der Waals surface area (Å²) in [6.07, 6.45) is 8.97. The molecule has 2 aliphatic rings. The van der Waals surface area contributed by atoms with Crippen molar-refractivity contribution < 1.29 is 4.74 Å². The van der Waals surface area contributed by atoms with Crippen molar-refractivity contribution in [3.8, 4) is 0 Å². The van der Waals surface area contributed by atoms with Crippen LogP contribution in [0.3, 0.4) is 0 Å². The van der Waals surface area contributed by atoms with Gasteiger partial charge in [0.05, 0.1) is 12.5 Å². The highest BCUT2D eigenvalue weighted by atomic mass is 31.1. The Morgan fingerprint density at radius 1 is 1.00 bits per heavy atom. The molecule has 110 valence electrons. The Balaban J connectivity index is 1.89. The highest BCUT2D eigenvalue weighted by Gasteiger charge is 2.46. The molecule has 2 aromatic rings. The first-order valence-corrected chi connectivity index (χ1v) is 9.22. The summed E-state index contributed by atoms with van der Waals surface area (Å²) in [5, 5.41) is 2.95. The fourth-order valence-electron chi connectivity index (χ4n) is 3.67. The molecule has 0 fully saturated rings. The number of allylic oxidation sites excluding steroid dienone is 3. The van der Waals surface area contributed by atoms with Crippen molar-refractivity contribution in [1.29, 1.82) is 0 Å². The lowest BCUT2D eigenvalue weighted by molar-refractivity contribution is 0.245. The fraction of sp³-hybridized carbons (Fsp3) is 0.200. The maximum atomic E-state index is 5.79. The van der Waals surface area contributed by atoms with E-state index in [2.05, 4.69) is 72.8 Å². The van der Waals surface area contributed by atoms with E-state index in [1.807, 2.05) is 0 Å². The van der Waals surface area contributed by atoms with E-state index in [4.69, 9.17) is 4.74 Å². The highest BCUT2D eigenvalue weighted by Crippen LogP contribution is 2.54. The summed E-state index contributed by atoms with van der Waals surface area (Å²) < 4.78 is 5.79. The second-order valence-corrected chi connectivity index (χ2v) is 7.99. The summed E-state index contributed by atoms with van der Waals surface area (Å²) in [6, 6.07) is 19.8. The van der Waals surface area contributed by atoms with E-state index in [-0.39, 0.29) is 13.3 Å². The van der Waals surface area contributed by atoms with Gasteiger partial charge in [0.15, 0.2) is 0 Å². The Labute approximate surface area is 133 Å². The molecule has 1 spiro atoms. The molecule has 0 radical (unpaired) electrons. The number of hydrogen-bond acceptors (Lipinski definition) is 1. The lowest BCUT2D eigenvalue weighted by Gasteiger charge is -2.31. The molecule has 2 atom stereocenters. The monoisotopic (exact) mass is 306 g/mol. The van der Waals surface area contributed by atoms with Crippen LogP contribution in [0.25, 0.3) is 0 Å². The molecule has 1 nitrogen and oxygen atoms in total. The van der Waals surface area contributed by atoms with Crippen LogP contribution in [0.2, 0.25) is 0 Å². The molecule has 0 bridgehead atoms. The van der Waals surface area contributed by atoms with Gasteiger partial charge in [-0.05, 0) is 42.8 Å². The molecule has 22 heavy (non-hydrogen) atoms. The van der Waals surface area contributed by atoms with Gasteiger partial charge in [-0.15, -0.1) is 0 Å². The largest absolute Gasteiger partial charge is 0.500 e. The number of rotatable bonds is 2. The van der Waals surface area contributed by atoms with Gasteiger partial charge in [-0.2, -0.15) is 0 Å². The molecule has 2 heteroatoms. The SMILES string of the molecule is COC1=CCC=CC12CP(c1ccccc1)c1ccccc12. The van der Waals surface area contributed by atoms with Crippen LogP contribution in [0.15, 0.2) is 78.6 Å². The van der Waals surface area contributed by atoms with E-state index in [9.17, 15) is 0 Å². The fourth-order valence-corrected chi connectivity index (χ4v) is 6.60. The Morgan fingerprint density at radius 2 is 1.77 bits per heavy atom. The number of methoxy groups -OCH3 is 1. The predicted octanol–water partition coefficient (Wildman–Crippen LogP) is 3.86. The second-order valence-electron chi connectivity index (χ2n) is 5.82. The average Bonchev–Trinajstić information content (AvgIpc) is 2.92. The molecule has 0 N–H and O–H groups in total. The lowest BCUT2D eigenvalue weighted by atomic mass is 9.78. The molecule has 1 aliphatic carbocycles. The zero-order valence-electron chi connectivity index (χ0n) is 12.7. The van der Waals surface area contributed by atoms with E-state index in [0.717, 1.165) is 18.3 Å². The summed E-state index contributed by atoms with van der Waals surface area (Å²) in [6.45, 7) is 0. The minimum Gasteiger partial charge on any atom is -0.500 e. The van der Waals surface area contributed by atoms with E-state index in [1.54, 1.807) is 7.11 Å². The molecular weight excluding hydrogens is 287 g/mol. The molecule has 4 rings (SSSR count). The van der Waals surface area contributed by atoms with Crippen molar-refractivity contribution in [2.75, 3.05) is 13.3 Å². The molecule has 0 saturated heterocycles. The van der Waals surface area contributed by atoms with Crippen LogP contribution in [0.4, 0.5) is 0 Å². The van der Waals surface area contributed by atoms with Gasteiger partial charge in [-0.1, -0.05) is 66.7 Å². The zero-order chi connectivity index (χ0) is 15.0. The van der Waals surface area contributed by atoms with Gasteiger partial charge < -0.3 is 4.74 Å². The van der Waals surface area contributed by atoms with Gasteiger partial charge in [-0.25, -0.2) is 0 Å². The van der Waals surface area contributed by atoms with E-state index in [1.165, 1.54) is 16.2 Å². The van der Waals surface area contributed by atoms with Gasteiger partial charge in [-0.3, -0.25) is 0 Å². The number of benzene rings is 2. The van der Waals surface area contributed by atoms with Crippen molar-refractivity contribution in [2.45, 2.75) is 11.8 Å². The molecule has 1 aliphatic heterocycles. The average molecular weight is 306 g/mol. The quantitative estimate of drug-likeness (QED) is 0.605. The minimum absolute atomic E-state index is 0.0643. The Morgan fingerprint density at radius 3 is 2.59 bits per heavy atom. The molecule has 0 aromatic heterocycles. The first-order chi connectivity index (χ1) is 10.8. The van der Waals surface area contributed by atoms with Crippen LogP contribution >= 0.6 is 7.92 Å². The van der Waals surface area contributed by atoms with Crippen LogP contribution in [-0.2, 0) is 10.2 Å². The number of ether oxygens (including phenoxy) is 1. The molecule has 0 saturated carbocycles. The van der Waals surface area contributed by atoms with Gasteiger partial charge >= 0.3 is 0 Å². The molecule has 2 aromatic carbocycles. The Hall–Kier alpha value is -1.85. The normalized spacial score (nSPS) is 25.9. The molecule has 0 amide bonds. The molecule has 2 unspecified atom stereocenters. The predicted molar refractivity (Wildman–Crippen MR) is 94.5 cm³/mol. The Kier molecular flexibility index (Phi) is 3.39. The van der Waals surface area contributed by atoms with Crippen molar-refractivity contribution in [2.24, 2.45) is 0 Å². The second kappa shape index (κ2) is 5.41. The summed E-state index contributed by atoms with van der Waals surface area (Å²) in [5.74, 6) is 1.11. The third-order valence-corrected chi connectivity index (χ3v) is 7.36. The zero-order valence-corrected chi connectivity index (χ0v) is 13.6. The molecular formula is C20H19OP. The Bertz CT molecular complexity index is 747. The van der Waals surface area contributed by atoms with Crippen molar-refractivity contribution in [3.63, 3.8) is 0 Å². The van der Waals surface area contributed by atoms with Crippen molar-refractivity contribution in [1.82, 2.24) is 0 Å². The van der Waals surface area contributed by atoms with E-state index >= 15 is 0 Å². The van der Waals surface area contributed by atoms with E-state index < -0.39 is 0 Å². The van der Waals surface area contributed by atoms with E-state index in [0.29, 0.717) is 0 Å². The smallest absolute Gasteiger partial charge is 0.107 e. The third kappa shape index (κ3) is 1.96. The summed E-state index contributed by atoms with van der Waals surface area (Å²) >= 11 is 0. The third-order valence-electron chi connectivity index (χ3n) is 4.65. The van der Waals surface area contributed by atoms with Crippen LogP contribution in [-0.4, -0.2) is 13.3 Å². The van der Waals surface area contributed by atoms with Gasteiger partial charge in [0.1, 0.15) is 5.76 Å². The number of hydrogen-bond donors (Lipinski definition) is 0. The topological polar surface area (TPSA) is 9.23 Å². The van der Waals surface area contributed by atoms with Crippen LogP contribution in [0.1, 0.15) is 12.0 Å². The van der Waals surface area contributed by atoms with Crippen molar-refractivity contribution >= 4 is 18.5 Å². The van der Waals surface area contributed by atoms with Crippen LogP contribution in [0, 0.1) is 0 Å². The van der Waals surface area contributed by atoms with Gasteiger partial charge in [0, 0.05) is 0 Å². The highest BCUT2D eigenvalue weighted by molar-refractivity contribution is 7.73. The summed E-state index contributed by atoms with van der Waals surface area (Å²) in [4.78, 5) is 0. The lowest BCUT2D eigenvalue weighted by Crippen LogP contribution is -2.30. The maximum Gasteiger partial charge on any atom is 0.107 e. The van der Waals surface area contributed by atoms with Crippen LogP contribution < -0.4 is 10.6 Å². The summed E-state index contributed by atoms with van der Waals surface area (Å²) in [7, 11) is 1.47. The number of fused-ring (bicyclic) bond motifs is 2. The molecule has 1 heterocycles. The first-order valence-electron chi connectivity index (χ1n) is 7.69. The van der Waals surface area contributed by atoms with Gasteiger partial charge in [0.25, 0.3) is 0 Å². The first kappa shape index (κ1) is 13.8.